The summed E-state index contributed by atoms with van der Waals surface area (Å²) in [4.78, 5) is 10.0. The van der Waals surface area contributed by atoms with Crippen molar-refractivity contribution in [1.29, 1.82) is 0 Å². The molecule has 1 aliphatic carbocycles. The molecule has 3 aromatic rings. The fourth-order valence-electron chi connectivity index (χ4n) is 5.34. The van der Waals surface area contributed by atoms with Crippen LogP contribution in [0.1, 0.15) is 62.3 Å². The molecule has 3 atom stereocenters. The summed E-state index contributed by atoms with van der Waals surface area (Å²) in [6, 6.07) is 18.5. The molecule has 1 fully saturated rings. The van der Waals surface area contributed by atoms with Crippen LogP contribution in [0.4, 0.5) is 4.39 Å². The van der Waals surface area contributed by atoms with E-state index in [1.807, 2.05) is 42.5 Å². The lowest BCUT2D eigenvalue weighted by molar-refractivity contribution is 0.0155. The molecule has 1 N–H and O–H groups in total. The zero-order chi connectivity index (χ0) is 28.4. The zero-order valence-corrected chi connectivity index (χ0v) is 24.6. The van der Waals surface area contributed by atoms with E-state index in [9.17, 15) is 9.46 Å². The normalized spacial score (nSPS) is 16.8. The van der Waals surface area contributed by atoms with Crippen molar-refractivity contribution in [3.8, 4) is 22.6 Å². The molecule has 4 rings (SSSR count). The summed E-state index contributed by atoms with van der Waals surface area (Å²) in [6.45, 7) is 8.04. The predicted molar refractivity (Wildman–Crippen MR) is 154 cm³/mol. The standard InChI is InChI=1S/C32H40FO5P/c1-32(2,3)31(37-5)28-16-21(10-14-26(28)27-18-24(36-4)13-15-30(27)33)19-38-25-9-7-8-23(17-25)29(22-11-12-22)20-39(6,34)35/h7-10,13-18,22,29,31H,11-12,19-20H2,1-6H3,(H,34,35). The molecule has 0 bridgehead atoms. The van der Waals surface area contributed by atoms with Crippen molar-refractivity contribution in [1.82, 2.24) is 0 Å². The Kier molecular flexibility index (Phi) is 8.90. The van der Waals surface area contributed by atoms with Crippen LogP contribution in [0.25, 0.3) is 11.1 Å². The van der Waals surface area contributed by atoms with Gasteiger partial charge in [-0.3, -0.25) is 4.57 Å². The third-order valence-electron chi connectivity index (χ3n) is 7.30. The Morgan fingerprint density at radius 2 is 1.74 bits per heavy atom. The summed E-state index contributed by atoms with van der Waals surface area (Å²) < 4.78 is 44.7. The second kappa shape index (κ2) is 11.8. The van der Waals surface area contributed by atoms with Crippen molar-refractivity contribution in [2.75, 3.05) is 27.0 Å². The summed E-state index contributed by atoms with van der Waals surface area (Å²) in [7, 11) is 0.104. The first-order valence-electron chi connectivity index (χ1n) is 13.4. The van der Waals surface area contributed by atoms with Crippen molar-refractivity contribution in [2.24, 2.45) is 11.3 Å². The fraction of sp³-hybridized carbons (Fsp3) is 0.438. The van der Waals surface area contributed by atoms with Gasteiger partial charge in [0, 0.05) is 25.5 Å². The molecule has 7 heteroatoms. The molecular formula is C32H40FO5P. The molecule has 3 unspecified atom stereocenters. The molecule has 39 heavy (non-hydrogen) atoms. The smallest absolute Gasteiger partial charge is 0.198 e. The lowest BCUT2D eigenvalue weighted by atomic mass is 9.81. The largest absolute Gasteiger partial charge is 0.497 e. The monoisotopic (exact) mass is 554 g/mol. The third kappa shape index (κ3) is 7.51. The van der Waals surface area contributed by atoms with Gasteiger partial charge in [-0.25, -0.2) is 4.39 Å². The van der Waals surface area contributed by atoms with Crippen LogP contribution in [0.5, 0.6) is 11.5 Å². The molecule has 0 saturated heterocycles. The van der Waals surface area contributed by atoms with Crippen LogP contribution in [0.15, 0.2) is 60.7 Å². The number of hydrogen-bond acceptors (Lipinski definition) is 4. The van der Waals surface area contributed by atoms with E-state index in [-0.39, 0.29) is 29.4 Å². The van der Waals surface area contributed by atoms with Crippen LogP contribution < -0.4 is 9.47 Å². The van der Waals surface area contributed by atoms with E-state index in [2.05, 4.69) is 20.8 Å². The van der Waals surface area contributed by atoms with E-state index < -0.39 is 7.37 Å². The summed E-state index contributed by atoms with van der Waals surface area (Å²) in [5.74, 6) is 1.49. The lowest BCUT2D eigenvalue weighted by Gasteiger charge is -2.32. The number of rotatable bonds is 11. The highest BCUT2D eigenvalue weighted by molar-refractivity contribution is 7.57. The first-order valence-corrected chi connectivity index (χ1v) is 15.7. The highest BCUT2D eigenvalue weighted by Gasteiger charge is 2.35. The SMILES string of the molecule is COc1ccc(F)c(-c2ccc(COc3cccc(C(CP(C)(=O)O)C4CC4)c3)cc2C(OC)C(C)(C)C)c1. The molecule has 210 valence electrons. The molecule has 1 aliphatic rings. The van der Waals surface area contributed by atoms with Crippen molar-refractivity contribution < 1.29 is 28.1 Å². The van der Waals surface area contributed by atoms with Gasteiger partial charge in [0.25, 0.3) is 0 Å². The third-order valence-corrected chi connectivity index (χ3v) is 8.37. The first-order chi connectivity index (χ1) is 18.4. The van der Waals surface area contributed by atoms with Gasteiger partial charge < -0.3 is 19.1 Å². The minimum absolute atomic E-state index is 0.0623. The van der Waals surface area contributed by atoms with Crippen molar-refractivity contribution in [3.05, 3.63) is 83.2 Å². The predicted octanol–water partition coefficient (Wildman–Crippen LogP) is 8.21. The van der Waals surface area contributed by atoms with E-state index in [1.165, 1.54) is 12.7 Å². The van der Waals surface area contributed by atoms with E-state index >= 15 is 4.39 Å². The molecule has 3 aromatic carbocycles. The van der Waals surface area contributed by atoms with Gasteiger partial charge in [0.05, 0.1) is 13.2 Å². The van der Waals surface area contributed by atoms with Crippen LogP contribution in [-0.4, -0.2) is 31.9 Å². The van der Waals surface area contributed by atoms with Crippen LogP contribution in [-0.2, 0) is 15.9 Å². The van der Waals surface area contributed by atoms with Gasteiger partial charge in [0.1, 0.15) is 23.9 Å². The summed E-state index contributed by atoms with van der Waals surface area (Å²) in [6.07, 6.45) is 2.18. The highest BCUT2D eigenvalue weighted by atomic mass is 31.2. The Bertz CT molecular complexity index is 1340. The summed E-state index contributed by atoms with van der Waals surface area (Å²) in [5.41, 5.74) is 3.82. The molecule has 1 saturated carbocycles. The average Bonchev–Trinajstić information content (AvgIpc) is 3.71. The maximum atomic E-state index is 15.0. The Hall–Kier alpha value is -2.66. The van der Waals surface area contributed by atoms with Gasteiger partial charge in [-0.1, -0.05) is 45.0 Å². The maximum absolute atomic E-state index is 15.0. The Balaban J connectivity index is 1.64. The molecule has 0 heterocycles. The van der Waals surface area contributed by atoms with Gasteiger partial charge in [-0.15, -0.1) is 0 Å². The fourth-order valence-corrected chi connectivity index (χ4v) is 6.58. The molecule has 0 spiro atoms. The minimum Gasteiger partial charge on any atom is -0.497 e. The van der Waals surface area contributed by atoms with Crippen molar-refractivity contribution in [2.45, 2.75) is 52.2 Å². The van der Waals surface area contributed by atoms with E-state index in [1.54, 1.807) is 26.4 Å². The molecule has 0 radical (unpaired) electrons. The lowest BCUT2D eigenvalue weighted by Crippen LogP contribution is -2.21. The van der Waals surface area contributed by atoms with Crippen molar-refractivity contribution >= 4 is 7.37 Å². The quantitative estimate of drug-likeness (QED) is 0.242. The highest BCUT2D eigenvalue weighted by Crippen LogP contribution is 2.51. The molecule has 5 nitrogen and oxygen atoms in total. The molecular weight excluding hydrogens is 514 g/mol. The molecule has 0 aliphatic heterocycles. The Morgan fingerprint density at radius 3 is 2.36 bits per heavy atom. The zero-order valence-electron chi connectivity index (χ0n) is 23.7. The number of benzene rings is 3. The number of methoxy groups -OCH3 is 2. The minimum atomic E-state index is -3.14. The van der Waals surface area contributed by atoms with E-state index in [0.717, 1.165) is 35.1 Å². The van der Waals surface area contributed by atoms with Gasteiger partial charge >= 0.3 is 0 Å². The summed E-state index contributed by atoms with van der Waals surface area (Å²) in [5, 5.41) is 0. The maximum Gasteiger partial charge on any atom is 0.198 e. The van der Waals surface area contributed by atoms with E-state index in [0.29, 0.717) is 29.6 Å². The average molecular weight is 555 g/mol. The number of halogens is 1. The van der Waals surface area contributed by atoms with Gasteiger partial charge in [-0.05, 0) is 88.7 Å². The topological polar surface area (TPSA) is 65.0 Å². The Morgan fingerprint density at radius 1 is 1.00 bits per heavy atom. The molecule has 0 amide bonds. The molecule has 0 aromatic heterocycles. The van der Waals surface area contributed by atoms with Crippen molar-refractivity contribution in [3.63, 3.8) is 0 Å². The van der Waals surface area contributed by atoms with Crippen LogP contribution in [0, 0.1) is 17.2 Å². The Labute approximate surface area is 231 Å². The second-order valence-corrected chi connectivity index (χ2v) is 14.3. The van der Waals surface area contributed by atoms with Crippen LogP contribution >= 0.6 is 7.37 Å². The van der Waals surface area contributed by atoms with Gasteiger partial charge in [-0.2, -0.15) is 0 Å². The number of ether oxygens (including phenoxy) is 3. The van der Waals surface area contributed by atoms with Crippen LogP contribution in [0.3, 0.4) is 0 Å². The first kappa shape index (κ1) is 29.3. The van der Waals surface area contributed by atoms with E-state index in [4.69, 9.17) is 14.2 Å². The van der Waals surface area contributed by atoms with Gasteiger partial charge in [0.2, 0.25) is 0 Å². The number of hydrogen-bond donors (Lipinski definition) is 1. The van der Waals surface area contributed by atoms with Crippen LogP contribution in [0.2, 0.25) is 0 Å². The second-order valence-electron chi connectivity index (χ2n) is 11.8. The summed E-state index contributed by atoms with van der Waals surface area (Å²) >= 11 is 0. The van der Waals surface area contributed by atoms with Gasteiger partial charge in [0.15, 0.2) is 7.37 Å².